The molecule has 0 fully saturated rings. The zero-order valence-electron chi connectivity index (χ0n) is 12.3. The molecule has 0 aliphatic heterocycles. The summed E-state index contributed by atoms with van der Waals surface area (Å²) >= 11 is 0. The molecule has 0 bridgehead atoms. The fourth-order valence-electron chi connectivity index (χ4n) is 1.82. The summed E-state index contributed by atoms with van der Waals surface area (Å²) in [5, 5.41) is 3.29. The van der Waals surface area contributed by atoms with Crippen LogP contribution >= 0.6 is 0 Å². The van der Waals surface area contributed by atoms with Gasteiger partial charge in [-0.15, -0.1) is 0 Å². The van der Waals surface area contributed by atoms with Crippen LogP contribution in [0.25, 0.3) is 0 Å². The SMILES string of the molecule is CCCC(CC)NS(=O)(=O)CCCCNC(C)C. The maximum absolute atomic E-state index is 11.8. The van der Waals surface area contributed by atoms with Crippen molar-refractivity contribution in [3.8, 4) is 0 Å². The van der Waals surface area contributed by atoms with Crippen molar-refractivity contribution in [3.05, 3.63) is 0 Å². The molecule has 0 aromatic carbocycles. The van der Waals surface area contributed by atoms with Crippen molar-refractivity contribution in [1.82, 2.24) is 10.0 Å². The van der Waals surface area contributed by atoms with Crippen LogP contribution < -0.4 is 10.0 Å². The predicted molar refractivity (Wildman–Crippen MR) is 78.3 cm³/mol. The lowest BCUT2D eigenvalue weighted by atomic mass is 10.1. The molecule has 0 rings (SSSR count). The molecule has 0 heterocycles. The Bertz CT molecular complexity index is 289. The van der Waals surface area contributed by atoms with Crippen molar-refractivity contribution in [2.45, 2.75) is 71.9 Å². The lowest BCUT2D eigenvalue weighted by Gasteiger charge is -2.16. The highest BCUT2D eigenvalue weighted by molar-refractivity contribution is 7.89. The first-order valence-corrected chi connectivity index (χ1v) is 8.79. The average Bonchev–Trinajstić information content (AvgIpc) is 2.27. The molecule has 0 aliphatic rings. The monoisotopic (exact) mass is 278 g/mol. The van der Waals surface area contributed by atoms with E-state index in [2.05, 4.69) is 30.8 Å². The lowest BCUT2D eigenvalue weighted by Crippen LogP contribution is -2.36. The van der Waals surface area contributed by atoms with E-state index in [1.165, 1.54) is 0 Å². The van der Waals surface area contributed by atoms with Gasteiger partial charge >= 0.3 is 0 Å². The van der Waals surface area contributed by atoms with Crippen LogP contribution in [0, 0.1) is 0 Å². The van der Waals surface area contributed by atoms with Crippen LogP contribution in [0.15, 0.2) is 0 Å². The van der Waals surface area contributed by atoms with E-state index >= 15 is 0 Å². The second-order valence-electron chi connectivity index (χ2n) is 5.15. The Balaban J connectivity index is 3.85. The third-order valence-electron chi connectivity index (χ3n) is 2.87. The minimum Gasteiger partial charge on any atom is -0.315 e. The van der Waals surface area contributed by atoms with E-state index in [0.717, 1.165) is 38.6 Å². The number of unbranched alkanes of at least 4 members (excludes halogenated alkanes) is 1. The third-order valence-corrected chi connectivity index (χ3v) is 4.39. The Kier molecular flexibility index (Phi) is 9.68. The lowest BCUT2D eigenvalue weighted by molar-refractivity contribution is 0.509. The number of sulfonamides is 1. The summed E-state index contributed by atoms with van der Waals surface area (Å²) in [7, 11) is -3.09. The normalized spacial score (nSPS) is 14.1. The summed E-state index contributed by atoms with van der Waals surface area (Å²) in [6.45, 7) is 9.17. The highest BCUT2D eigenvalue weighted by Crippen LogP contribution is 2.04. The molecule has 0 saturated heterocycles. The molecule has 1 unspecified atom stereocenters. The second-order valence-corrected chi connectivity index (χ2v) is 7.02. The first-order valence-electron chi connectivity index (χ1n) is 7.14. The molecular formula is C13H30N2O2S. The number of hydrogen-bond acceptors (Lipinski definition) is 3. The van der Waals surface area contributed by atoms with Gasteiger partial charge in [-0.05, 0) is 32.2 Å². The molecule has 5 heteroatoms. The Morgan fingerprint density at radius 1 is 1.11 bits per heavy atom. The zero-order chi connectivity index (χ0) is 14.0. The van der Waals surface area contributed by atoms with Crippen molar-refractivity contribution in [2.75, 3.05) is 12.3 Å². The first-order chi connectivity index (χ1) is 8.41. The Hall–Kier alpha value is -0.130. The van der Waals surface area contributed by atoms with Gasteiger partial charge in [-0.2, -0.15) is 0 Å². The van der Waals surface area contributed by atoms with Crippen molar-refractivity contribution < 1.29 is 8.42 Å². The fourth-order valence-corrected chi connectivity index (χ4v) is 3.31. The van der Waals surface area contributed by atoms with E-state index in [0.29, 0.717) is 6.04 Å². The summed E-state index contributed by atoms with van der Waals surface area (Å²) < 4.78 is 26.5. The van der Waals surface area contributed by atoms with Crippen molar-refractivity contribution >= 4 is 10.0 Å². The molecule has 0 radical (unpaired) electrons. The summed E-state index contributed by atoms with van der Waals surface area (Å²) in [6.07, 6.45) is 4.42. The molecule has 0 amide bonds. The maximum atomic E-state index is 11.8. The van der Waals surface area contributed by atoms with E-state index in [4.69, 9.17) is 0 Å². The van der Waals surface area contributed by atoms with E-state index in [-0.39, 0.29) is 11.8 Å². The van der Waals surface area contributed by atoms with E-state index < -0.39 is 10.0 Å². The third kappa shape index (κ3) is 9.85. The first kappa shape index (κ1) is 17.9. The fraction of sp³-hybridized carbons (Fsp3) is 1.00. The van der Waals surface area contributed by atoms with Gasteiger partial charge in [-0.25, -0.2) is 13.1 Å². The van der Waals surface area contributed by atoms with Gasteiger partial charge < -0.3 is 5.32 Å². The molecule has 0 aliphatic carbocycles. The van der Waals surface area contributed by atoms with Gasteiger partial charge in [-0.3, -0.25) is 0 Å². The summed E-state index contributed by atoms with van der Waals surface area (Å²) in [4.78, 5) is 0. The molecule has 110 valence electrons. The summed E-state index contributed by atoms with van der Waals surface area (Å²) in [5.74, 6) is 0.243. The van der Waals surface area contributed by atoms with Gasteiger partial charge in [0.25, 0.3) is 0 Å². The van der Waals surface area contributed by atoms with Crippen LogP contribution in [0.2, 0.25) is 0 Å². The second kappa shape index (κ2) is 9.75. The Morgan fingerprint density at radius 2 is 1.78 bits per heavy atom. The molecular weight excluding hydrogens is 248 g/mol. The maximum Gasteiger partial charge on any atom is 0.211 e. The highest BCUT2D eigenvalue weighted by atomic mass is 32.2. The number of hydrogen-bond donors (Lipinski definition) is 2. The van der Waals surface area contributed by atoms with Crippen LogP contribution in [0.4, 0.5) is 0 Å². The average molecular weight is 278 g/mol. The van der Waals surface area contributed by atoms with E-state index in [1.54, 1.807) is 0 Å². The molecule has 0 spiro atoms. The van der Waals surface area contributed by atoms with Gasteiger partial charge in [0.15, 0.2) is 0 Å². The smallest absolute Gasteiger partial charge is 0.211 e. The molecule has 1 atom stereocenters. The molecule has 2 N–H and O–H groups in total. The van der Waals surface area contributed by atoms with Crippen LogP contribution in [-0.4, -0.2) is 32.8 Å². The minimum absolute atomic E-state index is 0.105. The van der Waals surface area contributed by atoms with Crippen LogP contribution in [0.5, 0.6) is 0 Å². The van der Waals surface area contributed by atoms with Crippen LogP contribution in [0.1, 0.15) is 59.8 Å². The molecule has 18 heavy (non-hydrogen) atoms. The van der Waals surface area contributed by atoms with Crippen molar-refractivity contribution in [2.24, 2.45) is 0 Å². The topological polar surface area (TPSA) is 58.2 Å². The van der Waals surface area contributed by atoms with Gasteiger partial charge in [0.05, 0.1) is 5.75 Å². The molecule has 0 aromatic rings. The van der Waals surface area contributed by atoms with Gasteiger partial charge in [0.1, 0.15) is 0 Å². The Morgan fingerprint density at radius 3 is 2.28 bits per heavy atom. The summed E-state index contributed by atoms with van der Waals surface area (Å²) in [5.41, 5.74) is 0. The van der Waals surface area contributed by atoms with Crippen LogP contribution in [-0.2, 0) is 10.0 Å². The molecule has 0 aromatic heterocycles. The summed E-state index contributed by atoms with van der Waals surface area (Å²) in [6, 6.07) is 0.572. The van der Waals surface area contributed by atoms with Gasteiger partial charge in [0.2, 0.25) is 10.0 Å². The molecule has 4 nitrogen and oxygen atoms in total. The minimum atomic E-state index is -3.09. The standard InChI is InChI=1S/C13H30N2O2S/c1-5-9-13(6-2)15-18(16,17)11-8-7-10-14-12(3)4/h12-15H,5-11H2,1-4H3. The highest BCUT2D eigenvalue weighted by Gasteiger charge is 2.15. The molecule has 0 saturated carbocycles. The predicted octanol–water partition coefficient (Wildman–Crippen LogP) is 2.26. The number of rotatable bonds is 11. The number of nitrogens with one attached hydrogen (secondary N) is 2. The quantitative estimate of drug-likeness (QED) is 0.570. The van der Waals surface area contributed by atoms with Crippen molar-refractivity contribution in [3.63, 3.8) is 0 Å². The largest absolute Gasteiger partial charge is 0.315 e. The van der Waals surface area contributed by atoms with E-state index in [1.807, 2.05) is 6.92 Å². The zero-order valence-corrected chi connectivity index (χ0v) is 13.1. The Labute approximate surface area is 113 Å². The van der Waals surface area contributed by atoms with Crippen LogP contribution in [0.3, 0.4) is 0 Å². The van der Waals surface area contributed by atoms with Gasteiger partial charge in [-0.1, -0.05) is 34.1 Å². The van der Waals surface area contributed by atoms with Crippen molar-refractivity contribution in [1.29, 1.82) is 0 Å². The van der Waals surface area contributed by atoms with E-state index in [9.17, 15) is 8.42 Å². The van der Waals surface area contributed by atoms with Gasteiger partial charge in [0, 0.05) is 12.1 Å².